The van der Waals surface area contributed by atoms with Crippen molar-refractivity contribution in [3.63, 3.8) is 0 Å². The SMILES string of the molecule is CC/C(=C/c1ccccc1)C(=O)c1ccc(OC)c(Cl)c1Cl. The fourth-order valence-corrected chi connectivity index (χ4v) is 2.60. The molecule has 0 aliphatic rings. The fourth-order valence-electron chi connectivity index (χ4n) is 2.12. The predicted octanol–water partition coefficient (Wildman–Crippen LogP) is 5.68. The molecular formula is C18H16Cl2O2. The molecule has 0 saturated heterocycles. The van der Waals surface area contributed by atoms with Crippen LogP contribution in [0.5, 0.6) is 5.75 Å². The van der Waals surface area contributed by atoms with Gasteiger partial charge in [-0.2, -0.15) is 0 Å². The highest BCUT2D eigenvalue weighted by atomic mass is 35.5. The first kappa shape index (κ1) is 16.6. The highest BCUT2D eigenvalue weighted by Crippen LogP contribution is 2.35. The molecular weight excluding hydrogens is 319 g/mol. The maximum atomic E-state index is 12.7. The van der Waals surface area contributed by atoms with Gasteiger partial charge in [-0.3, -0.25) is 4.79 Å². The first-order valence-corrected chi connectivity index (χ1v) is 7.66. The summed E-state index contributed by atoms with van der Waals surface area (Å²) in [4.78, 5) is 12.7. The molecule has 0 amide bonds. The highest BCUT2D eigenvalue weighted by molar-refractivity contribution is 6.45. The zero-order valence-electron chi connectivity index (χ0n) is 12.4. The third-order valence-electron chi connectivity index (χ3n) is 3.32. The van der Waals surface area contributed by atoms with Crippen molar-refractivity contribution in [1.29, 1.82) is 0 Å². The van der Waals surface area contributed by atoms with Crippen LogP contribution in [0.4, 0.5) is 0 Å². The van der Waals surface area contributed by atoms with Crippen LogP contribution < -0.4 is 4.74 Å². The second kappa shape index (κ2) is 7.48. The Bertz CT molecular complexity index is 707. The second-order valence-corrected chi connectivity index (χ2v) is 5.46. The van der Waals surface area contributed by atoms with Gasteiger partial charge in [0.1, 0.15) is 10.8 Å². The van der Waals surface area contributed by atoms with Gasteiger partial charge in [0.05, 0.1) is 12.1 Å². The lowest BCUT2D eigenvalue weighted by Crippen LogP contribution is -2.04. The standard InChI is InChI=1S/C18H16Cl2O2/c1-3-13(11-12-7-5-4-6-8-12)18(21)14-9-10-15(22-2)17(20)16(14)19/h4-11H,3H2,1-2H3/b13-11-. The first-order valence-electron chi connectivity index (χ1n) is 6.90. The molecule has 0 aromatic heterocycles. The van der Waals surface area contributed by atoms with Crippen LogP contribution in [0.25, 0.3) is 6.08 Å². The summed E-state index contributed by atoms with van der Waals surface area (Å²) in [7, 11) is 1.51. The van der Waals surface area contributed by atoms with E-state index >= 15 is 0 Å². The van der Waals surface area contributed by atoms with E-state index in [-0.39, 0.29) is 15.8 Å². The predicted molar refractivity (Wildman–Crippen MR) is 92.1 cm³/mol. The van der Waals surface area contributed by atoms with Crippen molar-refractivity contribution >= 4 is 35.1 Å². The number of hydrogen-bond donors (Lipinski definition) is 0. The molecule has 0 spiro atoms. The third kappa shape index (κ3) is 3.52. The van der Waals surface area contributed by atoms with E-state index in [0.29, 0.717) is 23.3 Å². The number of ketones is 1. The summed E-state index contributed by atoms with van der Waals surface area (Å²) in [5, 5.41) is 0.476. The molecule has 2 nitrogen and oxygen atoms in total. The zero-order chi connectivity index (χ0) is 16.1. The van der Waals surface area contributed by atoms with Crippen molar-refractivity contribution in [3.8, 4) is 5.75 Å². The molecule has 4 heteroatoms. The van der Waals surface area contributed by atoms with Crippen LogP contribution in [0.1, 0.15) is 29.3 Å². The minimum Gasteiger partial charge on any atom is -0.495 e. The Balaban J connectivity index is 2.42. The number of Topliss-reactive ketones (excluding diaryl/α,β-unsaturated/α-hetero) is 1. The van der Waals surface area contributed by atoms with Crippen molar-refractivity contribution in [2.24, 2.45) is 0 Å². The van der Waals surface area contributed by atoms with Crippen LogP contribution in [-0.4, -0.2) is 12.9 Å². The van der Waals surface area contributed by atoms with Gasteiger partial charge in [-0.05, 0) is 30.2 Å². The van der Waals surface area contributed by atoms with Gasteiger partial charge in [-0.25, -0.2) is 0 Å². The van der Waals surface area contributed by atoms with E-state index < -0.39 is 0 Å². The second-order valence-electron chi connectivity index (χ2n) is 4.71. The Morgan fingerprint density at radius 3 is 2.36 bits per heavy atom. The third-order valence-corrected chi connectivity index (χ3v) is 4.19. The van der Waals surface area contributed by atoms with Crippen molar-refractivity contribution in [2.45, 2.75) is 13.3 Å². The number of benzene rings is 2. The summed E-state index contributed by atoms with van der Waals surface area (Å²) in [5.74, 6) is 0.328. The molecule has 0 heterocycles. The number of hydrogen-bond acceptors (Lipinski definition) is 2. The quantitative estimate of drug-likeness (QED) is 0.519. The van der Waals surface area contributed by atoms with E-state index in [9.17, 15) is 4.79 Å². The number of allylic oxidation sites excluding steroid dienone is 1. The van der Waals surface area contributed by atoms with Gasteiger partial charge in [-0.1, -0.05) is 60.5 Å². The average molecular weight is 335 g/mol. The zero-order valence-corrected chi connectivity index (χ0v) is 13.9. The van der Waals surface area contributed by atoms with Crippen LogP contribution >= 0.6 is 23.2 Å². The maximum absolute atomic E-state index is 12.7. The van der Waals surface area contributed by atoms with E-state index in [0.717, 1.165) is 5.56 Å². The summed E-state index contributed by atoms with van der Waals surface area (Å²) in [5.41, 5.74) is 2.04. The molecule has 0 fully saturated rings. The summed E-state index contributed by atoms with van der Waals surface area (Å²) in [6.07, 6.45) is 2.48. The van der Waals surface area contributed by atoms with Gasteiger partial charge in [0.25, 0.3) is 0 Å². The Hall–Kier alpha value is -1.77. The van der Waals surface area contributed by atoms with E-state index in [1.165, 1.54) is 7.11 Å². The van der Waals surface area contributed by atoms with Gasteiger partial charge in [0, 0.05) is 11.1 Å². The topological polar surface area (TPSA) is 26.3 Å². The number of methoxy groups -OCH3 is 1. The molecule has 2 rings (SSSR count). The molecule has 0 aliphatic heterocycles. The molecule has 0 N–H and O–H groups in total. The summed E-state index contributed by atoms with van der Waals surface area (Å²) in [6, 6.07) is 13.0. The molecule has 0 radical (unpaired) electrons. The number of ether oxygens (including phenoxy) is 1. The van der Waals surface area contributed by atoms with Crippen LogP contribution in [0.2, 0.25) is 10.0 Å². The van der Waals surface area contributed by atoms with Crippen LogP contribution in [-0.2, 0) is 0 Å². The van der Waals surface area contributed by atoms with Crippen molar-refractivity contribution < 1.29 is 9.53 Å². The molecule has 2 aromatic rings. The average Bonchev–Trinajstić information content (AvgIpc) is 2.55. The van der Waals surface area contributed by atoms with E-state index in [4.69, 9.17) is 27.9 Å². The molecule has 22 heavy (non-hydrogen) atoms. The summed E-state index contributed by atoms with van der Waals surface area (Å²) >= 11 is 12.3. The van der Waals surface area contributed by atoms with E-state index in [1.807, 2.05) is 43.3 Å². The minimum absolute atomic E-state index is 0.124. The molecule has 0 bridgehead atoms. The van der Waals surface area contributed by atoms with Crippen LogP contribution in [0.3, 0.4) is 0 Å². The first-order chi connectivity index (χ1) is 10.6. The van der Waals surface area contributed by atoms with Gasteiger partial charge in [0.2, 0.25) is 0 Å². The largest absolute Gasteiger partial charge is 0.495 e. The van der Waals surface area contributed by atoms with Crippen molar-refractivity contribution in [1.82, 2.24) is 0 Å². The maximum Gasteiger partial charge on any atom is 0.190 e. The number of carbonyl (C=O) groups is 1. The Morgan fingerprint density at radius 1 is 1.09 bits per heavy atom. The molecule has 2 aromatic carbocycles. The Morgan fingerprint density at radius 2 is 1.77 bits per heavy atom. The number of halogens is 2. The fraction of sp³-hybridized carbons (Fsp3) is 0.167. The van der Waals surface area contributed by atoms with Gasteiger partial charge < -0.3 is 4.74 Å². The number of carbonyl (C=O) groups excluding carboxylic acids is 1. The lowest BCUT2D eigenvalue weighted by Gasteiger charge is -2.10. The van der Waals surface area contributed by atoms with Gasteiger partial charge in [0.15, 0.2) is 5.78 Å². The minimum atomic E-state index is -0.124. The van der Waals surface area contributed by atoms with E-state index in [2.05, 4.69) is 0 Å². The van der Waals surface area contributed by atoms with Gasteiger partial charge >= 0.3 is 0 Å². The monoisotopic (exact) mass is 334 g/mol. The van der Waals surface area contributed by atoms with Crippen molar-refractivity contribution in [2.75, 3.05) is 7.11 Å². The molecule has 0 saturated carbocycles. The summed E-state index contributed by atoms with van der Waals surface area (Å²) < 4.78 is 5.10. The van der Waals surface area contributed by atoms with Gasteiger partial charge in [-0.15, -0.1) is 0 Å². The highest BCUT2D eigenvalue weighted by Gasteiger charge is 2.18. The van der Waals surface area contributed by atoms with Crippen molar-refractivity contribution in [3.05, 3.63) is 69.2 Å². The lowest BCUT2D eigenvalue weighted by atomic mass is 9.99. The van der Waals surface area contributed by atoms with E-state index in [1.54, 1.807) is 12.1 Å². The Kier molecular flexibility index (Phi) is 5.64. The van der Waals surface area contributed by atoms with Crippen LogP contribution in [0, 0.1) is 0 Å². The normalized spacial score (nSPS) is 11.4. The Labute approximate surface area is 140 Å². The van der Waals surface area contributed by atoms with Crippen LogP contribution in [0.15, 0.2) is 48.0 Å². The summed E-state index contributed by atoms with van der Waals surface area (Å²) in [6.45, 7) is 1.94. The molecule has 114 valence electrons. The molecule has 0 unspecified atom stereocenters. The molecule has 0 aliphatic carbocycles. The molecule has 0 atom stereocenters. The smallest absolute Gasteiger partial charge is 0.190 e. The number of rotatable bonds is 5. The lowest BCUT2D eigenvalue weighted by molar-refractivity contribution is 0.103.